The van der Waals surface area contributed by atoms with E-state index in [1.165, 1.54) is 11.8 Å². The first-order chi connectivity index (χ1) is 13.5. The van der Waals surface area contributed by atoms with Crippen LogP contribution >= 0.6 is 27.7 Å². The van der Waals surface area contributed by atoms with E-state index < -0.39 is 0 Å². The number of nitrogens with zero attached hydrogens (tertiary/aromatic N) is 3. The zero-order chi connectivity index (χ0) is 20.1. The van der Waals surface area contributed by atoms with Gasteiger partial charge in [-0.15, -0.1) is 10.2 Å². The van der Waals surface area contributed by atoms with E-state index in [0.29, 0.717) is 24.5 Å². The van der Waals surface area contributed by atoms with Crippen LogP contribution in [0.3, 0.4) is 0 Å². The maximum Gasteiger partial charge on any atom is 0.191 e. The van der Waals surface area contributed by atoms with Gasteiger partial charge in [0.1, 0.15) is 12.4 Å². The number of carbonyl (C=O) groups excluding carboxylic acids is 1. The Morgan fingerprint density at radius 1 is 1.11 bits per heavy atom. The summed E-state index contributed by atoms with van der Waals surface area (Å²) in [5.41, 5.74) is 3.01. The number of rotatable bonds is 8. The van der Waals surface area contributed by atoms with Gasteiger partial charge in [-0.2, -0.15) is 0 Å². The molecule has 0 aliphatic heterocycles. The standard InChI is InChI=1S/C21H22BrN3O2S/c1-4-25-20(12-27-18-10-14(2)9-15(3)11-18)23-24-21(25)28-13-19(26)16-5-7-17(22)8-6-16/h5-11H,4,12-13H2,1-3H3. The number of ether oxygens (including phenoxy) is 1. The molecular formula is C21H22BrN3O2S. The van der Waals surface area contributed by atoms with Crippen LogP contribution in [0.15, 0.2) is 52.1 Å². The highest BCUT2D eigenvalue weighted by atomic mass is 79.9. The number of hydrogen-bond acceptors (Lipinski definition) is 5. The van der Waals surface area contributed by atoms with E-state index in [1.807, 2.05) is 61.7 Å². The van der Waals surface area contributed by atoms with Crippen molar-refractivity contribution in [3.8, 4) is 5.75 Å². The Hall–Kier alpha value is -2.12. The Kier molecular flexibility index (Phi) is 6.91. The number of thioether (sulfide) groups is 1. The summed E-state index contributed by atoms with van der Waals surface area (Å²) in [6.45, 7) is 7.18. The van der Waals surface area contributed by atoms with Crippen LogP contribution in [0, 0.1) is 13.8 Å². The Bertz CT molecular complexity index is 950. The molecule has 146 valence electrons. The van der Waals surface area contributed by atoms with Gasteiger partial charge in [-0.05, 0) is 56.2 Å². The van der Waals surface area contributed by atoms with Crippen molar-refractivity contribution in [3.05, 3.63) is 69.5 Å². The van der Waals surface area contributed by atoms with Gasteiger partial charge >= 0.3 is 0 Å². The Labute approximate surface area is 177 Å². The zero-order valence-electron chi connectivity index (χ0n) is 16.1. The SMILES string of the molecule is CCn1c(COc2cc(C)cc(C)c2)nnc1SCC(=O)c1ccc(Br)cc1. The molecule has 0 saturated heterocycles. The molecule has 0 amide bonds. The fourth-order valence-corrected chi connectivity index (χ4v) is 4.04. The van der Waals surface area contributed by atoms with Gasteiger partial charge in [0.15, 0.2) is 16.8 Å². The van der Waals surface area contributed by atoms with E-state index in [-0.39, 0.29) is 5.78 Å². The van der Waals surface area contributed by atoms with Crippen molar-refractivity contribution < 1.29 is 9.53 Å². The molecule has 0 unspecified atom stereocenters. The van der Waals surface area contributed by atoms with Crippen molar-refractivity contribution in [3.63, 3.8) is 0 Å². The molecule has 1 aromatic heterocycles. The summed E-state index contributed by atoms with van der Waals surface area (Å²) in [6, 6.07) is 13.5. The lowest BCUT2D eigenvalue weighted by atomic mass is 10.1. The van der Waals surface area contributed by atoms with Crippen LogP contribution in [0.25, 0.3) is 0 Å². The van der Waals surface area contributed by atoms with Crippen molar-refractivity contribution in [1.29, 1.82) is 0 Å². The second-order valence-electron chi connectivity index (χ2n) is 6.47. The molecule has 7 heteroatoms. The molecule has 0 N–H and O–H groups in total. The van der Waals surface area contributed by atoms with Crippen molar-refractivity contribution in [2.24, 2.45) is 0 Å². The fourth-order valence-electron chi connectivity index (χ4n) is 2.86. The number of aromatic nitrogens is 3. The lowest BCUT2D eigenvalue weighted by molar-refractivity contribution is 0.102. The minimum absolute atomic E-state index is 0.0659. The number of aryl methyl sites for hydroxylation is 2. The lowest BCUT2D eigenvalue weighted by Crippen LogP contribution is -2.08. The third-order valence-corrected chi connectivity index (χ3v) is 5.67. The molecule has 28 heavy (non-hydrogen) atoms. The van der Waals surface area contributed by atoms with Crippen LogP contribution < -0.4 is 4.74 Å². The highest BCUT2D eigenvalue weighted by Crippen LogP contribution is 2.21. The molecule has 1 heterocycles. The first kappa shape index (κ1) is 20.6. The fraction of sp³-hybridized carbons (Fsp3) is 0.286. The summed E-state index contributed by atoms with van der Waals surface area (Å²) in [4.78, 5) is 12.4. The molecule has 0 aliphatic carbocycles. The molecule has 0 atom stereocenters. The Morgan fingerprint density at radius 3 is 2.43 bits per heavy atom. The predicted molar refractivity (Wildman–Crippen MR) is 115 cm³/mol. The first-order valence-corrected chi connectivity index (χ1v) is 10.8. The van der Waals surface area contributed by atoms with Crippen LogP contribution in [0.4, 0.5) is 0 Å². The number of hydrogen-bond donors (Lipinski definition) is 0. The van der Waals surface area contributed by atoms with E-state index in [0.717, 1.165) is 32.3 Å². The quantitative estimate of drug-likeness (QED) is 0.340. The minimum atomic E-state index is 0.0659. The van der Waals surface area contributed by atoms with Crippen molar-refractivity contribution >= 4 is 33.5 Å². The van der Waals surface area contributed by atoms with Gasteiger partial charge in [-0.3, -0.25) is 4.79 Å². The van der Waals surface area contributed by atoms with Gasteiger partial charge in [0.05, 0.1) is 5.75 Å². The van der Waals surface area contributed by atoms with E-state index in [2.05, 4.69) is 32.2 Å². The summed E-state index contributed by atoms with van der Waals surface area (Å²) in [5.74, 6) is 1.96. The molecule has 0 spiro atoms. The first-order valence-electron chi connectivity index (χ1n) is 9.01. The molecule has 2 aromatic carbocycles. The second-order valence-corrected chi connectivity index (χ2v) is 8.33. The Balaban J connectivity index is 1.64. The second kappa shape index (κ2) is 9.39. The number of Topliss-reactive ketones (excluding diaryl/α,β-unsaturated/α-hetero) is 1. The van der Waals surface area contributed by atoms with E-state index >= 15 is 0 Å². The van der Waals surface area contributed by atoms with E-state index in [4.69, 9.17) is 4.74 Å². The summed E-state index contributed by atoms with van der Waals surface area (Å²) in [6.07, 6.45) is 0. The number of ketones is 1. The third kappa shape index (κ3) is 5.23. The van der Waals surface area contributed by atoms with E-state index in [1.54, 1.807) is 0 Å². The molecular weight excluding hydrogens is 438 g/mol. The van der Waals surface area contributed by atoms with Gasteiger partial charge in [0.2, 0.25) is 0 Å². The molecule has 5 nitrogen and oxygen atoms in total. The summed E-state index contributed by atoms with van der Waals surface area (Å²) < 4.78 is 8.85. The van der Waals surface area contributed by atoms with Gasteiger partial charge in [0.25, 0.3) is 0 Å². The molecule has 0 bridgehead atoms. The number of benzene rings is 2. The topological polar surface area (TPSA) is 57.0 Å². The largest absolute Gasteiger partial charge is 0.486 e. The average molecular weight is 460 g/mol. The summed E-state index contributed by atoms with van der Waals surface area (Å²) in [7, 11) is 0. The highest BCUT2D eigenvalue weighted by molar-refractivity contribution is 9.10. The monoisotopic (exact) mass is 459 g/mol. The van der Waals surface area contributed by atoms with Crippen molar-refractivity contribution in [2.75, 3.05) is 5.75 Å². The van der Waals surface area contributed by atoms with Gasteiger partial charge < -0.3 is 9.30 Å². The smallest absolute Gasteiger partial charge is 0.191 e. The third-order valence-electron chi connectivity index (χ3n) is 4.17. The average Bonchev–Trinajstić information content (AvgIpc) is 3.06. The molecule has 0 aliphatic rings. The van der Waals surface area contributed by atoms with Crippen LogP contribution in [0.1, 0.15) is 34.2 Å². The van der Waals surface area contributed by atoms with Crippen LogP contribution in [-0.2, 0) is 13.2 Å². The van der Waals surface area contributed by atoms with Crippen LogP contribution in [0.5, 0.6) is 5.75 Å². The lowest BCUT2D eigenvalue weighted by Gasteiger charge is -2.10. The predicted octanol–water partition coefficient (Wildman–Crippen LogP) is 5.23. The van der Waals surface area contributed by atoms with Gasteiger partial charge in [-0.25, -0.2) is 0 Å². The normalized spacial score (nSPS) is 10.9. The molecule has 3 rings (SSSR count). The number of carbonyl (C=O) groups is 1. The van der Waals surface area contributed by atoms with E-state index in [9.17, 15) is 4.79 Å². The van der Waals surface area contributed by atoms with Gasteiger partial charge in [-0.1, -0.05) is 45.9 Å². The van der Waals surface area contributed by atoms with Crippen LogP contribution in [-0.4, -0.2) is 26.3 Å². The molecule has 0 radical (unpaired) electrons. The summed E-state index contributed by atoms with van der Waals surface area (Å²) in [5, 5.41) is 9.24. The molecule has 3 aromatic rings. The van der Waals surface area contributed by atoms with Crippen LogP contribution in [0.2, 0.25) is 0 Å². The van der Waals surface area contributed by atoms with Gasteiger partial charge in [0, 0.05) is 16.6 Å². The van der Waals surface area contributed by atoms with Crippen molar-refractivity contribution in [1.82, 2.24) is 14.8 Å². The highest BCUT2D eigenvalue weighted by Gasteiger charge is 2.14. The number of halogens is 1. The maximum atomic E-state index is 12.4. The molecule has 0 saturated carbocycles. The maximum absolute atomic E-state index is 12.4. The Morgan fingerprint density at radius 2 is 1.79 bits per heavy atom. The minimum Gasteiger partial charge on any atom is -0.486 e. The molecule has 0 fully saturated rings. The zero-order valence-corrected chi connectivity index (χ0v) is 18.5. The summed E-state index contributed by atoms with van der Waals surface area (Å²) >= 11 is 4.78. The van der Waals surface area contributed by atoms with Crippen molar-refractivity contribution in [2.45, 2.75) is 39.1 Å².